The topological polar surface area (TPSA) is 66.9 Å². The average Bonchev–Trinajstić information content (AvgIpc) is 2.40. The third-order valence-corrected chi connectivity index (χ3v) is 5.62. The van der Waals surface area contributed by atoms with Gasteiger partial charge in [0.25, 0.3) is 10.2 Å². The molecule has 1 heterocycles. The average molecular weight is 292 g/mol. The van der Waals surface area contributed by atoms with Crippen molar-refractivity contribution in [3.63, 3.8) is 0 Å². The van der Waals surface area contributed by atoms with Crippen molar-refractivity contribution in [1.29, 1.82) is 0 Å². The maximum atomic E-state index is 12.3. The Balaban J connectivity index is 2.61. The maximum Gasteiger partial charge on any atom is 0.309 e. The van der Waals surface area contributed by atoms with Crippen molar-refractivity contribution in [3.8, 4) is 0 Å². The molecule has 0 bridgehead atoms. The summed E-state index contributed by atoms with van der Waals surface area (Å²) in [6.07, 6.45) is 1.08. The monoisotopic (exact) mass is 292 g/mol. The Morgan fingerprint density at radius 2 is 1.74 bits per heavy atom. The first kappa shape index (κ1) is 16.4. The van der Waals surface area contributed by atoms with Gasteiger partial charge >= 0.3 is 5.97 Å². The van der Waals surface area contributed by atoms with Gasteiger partial charge in [-0.15, -0.1) is 0 Å². The van der Waals surface area contributed by atoms with Crippen LogP contribution in [0.4, 0.5) is 0 Å². The number of esters is 1. The molecule has 7 heteroatoms. The van der Waals surface area contributed by atoms with E-state index in [1.807, 2.05) is 13.8 Å². The highest BCUT2D eigenvalue weighted by Crippen LogP contribution is 2.22. The molecule has 1 aliphatic heterocycles. The molecule has 0 aromatic carbocycles. The van der Waals surface area contributed by atoms with Crippen molar-refractivity contribution in [1.82, 2.24) is 8.61 Å². The first-order valence-electron chi connectivity index (χ1n) is 6.89. The van der Waals surface area contributed by atoms with E-state index in [-0.39, 0.29) is 11.9 Å². The fraction of sp³-hybridized carbons (Fsp3) is 0.917. The first-order valence-corrected chi connectivity index (χ1v) is 8.28. The first-order chi connectivity index (χ1) is 8.97. The molecule has 0 aliphatic carbocycles. The van der Waals surface area contributed by atoms with E-state index in [4.69, 9.17) is 4.74 Å². The minimum atomic E-state index is -3.37. The maximum absolute atomic E-state index is 12.3. The number of ether oxygens (including phenoxy) is 1. The van der Waals surface area contributed by atoms with Crippen molar-refractivity contribution >= 4 is 16.2 Å². The lowest BCUT2D eigenvalue weighted by atomic mass is 9.98. The Morgan fingerprint density at radius 3 is 2.16 bits per heavy atom. The predicted octanol–water partition coefficient (Wildman–Crippen LogP) is 0.848. The molecule has 0 aromatic heterocycles. The van der Waals surface area contributed by atoms with Crippen LogP contribution >= 0.6 is 0 Å². The molecule has 0 N–H and O–H groups in total. The predicted molar refractivity (Wildman–Crippen MR) is 72.8 cm³/mol. The van der Waals surface area contributed by atoms with Gasteiger partial charge in [0.15, 0.2) is 0 Å². The summed E-state index contributed by atoms with van der Waals surface area (Å²) in [5.74, 6) is -0.370. The molecule has 112 valence electrons. The lowest BCUT2D eigenvalue weighted by molar-refractivity contribution is -0.149. The van der Waals surface area contributed by atoms with Crippen LogP contribution in [0.25, 0.3) is 0 Å². The summed E-state index contributed by atoms with van der Waals surface area (Å²) in [4.78, 5) is 11.6. The highest BCUT2D eigenvalue weighted by Gasteiger charge is 2.34. The molecule has 1 aliphatic rings. The van der Waals surface area contributed by atoms with Gasteiger partial charge in [-0.2, -0.15) is 17.0 Å². The molecule has 1 rings (SSSR count). The molecule has 0 radical (unpaired) electrons. The van der Waals surface area contributed by atoms with E-state index in [9.17, 15) is 13.2 Å². The highest BCUT2D eigenvalue weighted by molar-refractivity contribution is 7.86. The van der Waals surface area contributed by atoms with Crippen molar-refractivity contribution in [2.24, 2.45) is 5.92 Å². The second kappa shape index (κ2) is 7.21. The molecule has 0 atom stereocenters. The van der Waals surface area contributed by atoms with Gasteiger partial charge in [-0.1, -0.05) is 13.8 Å². The fourth-order valence-corrected chi connectivity index (χ4v) is 3.95. The van der Waals surface area contributed by atoms with Gasteiger partial charge in [0, 0.05) is 26.2 Å². The van der Waals surface area contributed by atoms with Gasteiger partial charge in [0.2, 0.25) is 0 Å². The van der Waals surface area contributed by atoms with Gasteiger partial charge in [-0.25, -0.2) is 0 Å². The number of hydrogen-bond acceptors (Lipinski definition) is 4. The molecule has 0 amide bonds. The number of rotatable bonds is 6. The number of hydrogen-bond donors (Lipinski definition) is 0. The number of carbonyl (C=O) groups is 1. The zero-order valence-electron chi connectivity index (χ0n) is 12.0. The van der Waals surface area contributed by atoms with Crippen molar-refractivity contribution in [2.75, 3.05) is 32.8 Å². The van der Waals surface area contributed by atoms with Crippen molar-refractivity contribution < 1.29 is 17.9 Å². The van der Waals surface area contributed by atoms with Crippen LogP contribution in [-0.4, -0.2) is 55.8 Å². The van der Waals surface area contributed by atoms with Crippen LogP contribution in [0.3, 0.4) is 0 Å². The molecule has 19 heavy (non-hydrogen) atoms. The van der Waals surface area contributed by atoms with Gasteiger partial charge in [-0.3, -0.25) is 4.79 Å². The molecule has 6 nitrogen and oxygen atoms in total. The van der Waals surface area contributed by atoms with Gasteiger partial charge in [0.1, 0.15) is 0 Å². The van der Waals surface area contributed by atoms with Gasteiger partial charge in [0.05, 0.1) is 12.5 Å². The van der Waals surface area contributed by atoms with Crippen LogP contribution in [0, 0.1) is 5.92 Å². The minimum Gasteiger partial charge on any atom is -0.466 e. The van der Waals surface area contributed by atoms with Crippen LogP contribution in [-0.2, 0) is 19.7 Å². The van der Waals surface area contributed by atoms with Crippen LogP contribution < -0.4 is 0 Å². The van der Waals surface area contributed by atoms with E-state index in [2.05, 4.69) is 0 Å². The Kier molecular flexibility index (Phi) is 6.22. The van der Waals surface area contributed by atoms with E-state index in [1.165, 1.54) is 8.61 Å². The normalized spacial score (nSPS) is 18.7. The summed E-state index contributed by atoms with van der Waals surface area (Å²) in [6.45, 7) is 7.52. The zero-order valence-corrected chi connectivity index (χ0v) is 12.8. The lowest BCUT2D eigenvalue weighted by Gasteiger charge is -2.33. The Bertz CT molecular complexity index is 385. The standard InChI is InChI=1S/C12H24N2O4S/c1-4-13(5-2)19(16,17)14-9-7-11(8-10-14)12(15)18-6-3/h11H,4-10H2,1-3H3. The Hall–Kier alpha value is -0.660. The third-order valence-electron chi connectivity index (χ3n) is 3.43. The largest absolute Gasteiger partial charge is 0.466 e. The van der Waals surface area contributed by atoms with Crippen LogP contribution in [0.1, 0.15) is 33.6 Å². The van der Waals surface area contributed by atoms with Crippen LogP contribution in [0.2, 0.25) is 0 Å². The molecule has 0 unspecified atom stereocenters. The van der Waals surface area contributed by atoms with Gasteiger partial charge < -0.3 is 4.74 Å². The van der Waals surface area contributed by atoms with E-state index < -0.39 is 10.2 Å². The molecule has 1 saturated heterocycles. The van der Waals surface area contributed by atoms with Crippen molar-refractivity contribution in [3.05, 3.63) is 0 Å². The number of nitrogens with zero attached hydrogens (tertiary/aromatic N) is 2. The molecule has 0 saturated carbocycles. The van der Waals surface area contributed by atoms with Gasteiger partial charge in [-0.05, 0) is 19.8 Å². The minimum absolute atomic E-state index is 0.164. The van der Waals surface area contributed by atoms with E-state index in [0.29, 0.717) is 45.6 Å². The zero-order chi connectivity index (χ0) is 14.5. The summed E-state index contributed by atoms with van der Waals surface area (Å²) in [6, 6.07) is 0. The second-order valence-electron chi connectivity index (χ2n) is 4.52. The smallest absolute Gasteiger partial charge is 0.309 e. The van der Waals surface area contributed by atoms with E-state index in [1.54, 1.807) is 6.92 Å². The second-order valence-corrected chi connectivity index (χ2v) is 6.45. The molecule has 0 aromatic rings. The quantitative estimate of drug-likeness (QED) is 0.681. The Morgan fingerprint density at radius 1 is 1.21 bits per heavy atom. The molecule has 0 spiro atoms. The summed E-state index contributed by atoms with van der Waals surface area (Å²) in [7, 11) is -3.37. The van der Waals surface area contributed by atoms with Crippen LogP contribution in [0.5, 0.6) is 0 Å². The number of carbonyl (C=O) groups excluding carboxylic acids is 1. The summed E-state index contributed by atoms with van der Waals surface area (Å²) >= 11 is 0. The summed E-state index contributed by atoms with van der Waals surface area (Å²) in [5.41, 5.74) is 0. The van der Waals surface area contributed by atoms with E-state index >= 15 is 0 Å². The molecule has 1 fully saturated rings. The summed E-state index contributed by atoms with van der Waals surface area (Å²) in [5, 5.41) is 0. The fourth-order valence-electron chi connectivity index (χ4n) is 2.30. The lowest BCUT2D eigenvalue weighted by Crippen LogP contribution is -2.47. The third kappa shape index (κ3) is 3.90. The number of piperidine rings is 1. The summed E-state index contributed by atoms with van der Waals surface area (Å²) < 4.78 is 32.5. The Labute approximate surface area is 115 Å². The van der Waals surface area contributed by atoms with Crippen LogP contribution in [0.15, 0.2) is 0 Å². The molecular weight excluding hydrogens is 268 g/mol. The van der Waals surface area contributed by atoms with Crippen molar-refractivity contribution in [2.45, 2.75) is 33.6 Å². The SMILES string of the molecule is CCOC(=O)C1CCN(S(=O)(=O)N(CC)CC)CC1. The molecular formula is C12H24N2O4S. The van der Waals surface area contributed by atoms with E-state index in [0.717, 1.165) is 0 Å². The highest BCUT2D eigenvalue weighted by atomic mass is 32.2.